The highest BCUT2D eigenvalue weighted by molar-refractivity contribution is 7.89. The Labute approximate surface area is 121 Å². The first-order chi connectivity index (χ1) is 8.47. The van der Waals surface area contributed by atoms with E-state index in [0.717, 1.165) is 0 Å². The van der Waals surface area contributed by atoms with E-state index in [4.69, 9.17) is 39.5 Å². The quantitative estimate of drug-likeness (QED) is 0.616. The minimum absolute atomic E-state index is 0.0472. The summed E-state index contributed by atoms with van der Waals surface area (Å²) in [5.74, 6) is 0.368. The molecule has 1 N–H and O–H groups in total. The van der Waals surface area contributed by atoms with E-state index in [1.807, 2.05) is 0 Å². The van der Waals surface area contributed by atoms with Gasteiger partial charge in [0.1, 0.15) is 4.90 Å². The van der Waals surface area contributed by atoms with Crippen LogP contribution in [-0.4, -0.2) is 34.1 Å². The minimum Gasteiger partial charge on any atom is -0.379 e. The molecular weight excluding hydrogens is 321 g/mol. The Morgan fingerprint density at radius 1 is 1.22 bits per heavy atom. The molecule has 0 fully saturated rings. The number of alkyl halides is 1. The lowest BCUT2D eigenvalue weighted by molar-refractivity contribution is 0.155. The molecule has 0 spiro atoms. The maximum Gasteiger partial charge on any atom is 0.242 e. The van der Waals surface area contributed by atoms with Gasteiger partial charge in [-0.15, -0.1) is 11.6 Å². The normalized spacial score (nSPS) is 11.7. The van der Waals surface area contributed by atoms with Gasteiger partial charge in [0.15, 0.2) is 0 Å². The lowest BCUT2D eigenvalue weighted by Gasteiger charge is -2.08. The standard InChI is InChI=1S/C10H12Cl3NO3S/c11-3-5-17-6-4-14-18(15,16)10-7-8(12)1-2-9(10)13/h1-2,7,14H,3-6H2. The lowest BCUT2D eigenvalue weighted by Crippen LogP contribution is -2.28. The Morgan fingerprint density at radius 2 is 1.94 bits per heavy atom. The molecule has 0 bridgehead atoms. The number of rotatable bonds is 7. The van der Waals surface area contributed by atoms with Crippen molar-refractivity contribution >= 4 is 44.8 Å². The van der Waals surface area contributed by atoms with Crippen LogP contribution in [0, 0.1) is 0 Å². The van der Waals surface area contributed by atoms with Gasteiger partial charge in [0.05, 0.1) is 18.2 Å². The molecule has 0 amide bonds. The fraction of sp³-hybridized carbons (Fsp3) is 0.400. The molecule has 0 aliphatic carbocycles. The number of ether oxygens (including phenoxy) is 1. The first-order valence-electron chi connectivity index (χ1n) is 5.06. The highest BCUT2D eigenvalue weighted by Gasteiger charge is 2.17. The number of benzene rings is 1. The van der Waals surface area contributed by atoms with Crippen molar-refractivity contribution in [2.24, 2.45) is 0 Å². The Bertz CT molecular complexity index is 493. The van der Waals surface area contributed by atoms with Gasteiger partial charge in [-0.25, -0.2) is 13.1 Å². The molecule has 0 atom stereocenters. The summed E-state index contributed by atoms with van der Waals surface area (Å²) in [6, 6.07) is 4.25. The zero-order valence-electron chi connectivity index (χ0n) is 9.33. The molecule has 102 valence electrons. The van der Waals surface area contributed by atoms with Crippen molar-refractivity contribution in [1.29, 1.82) is 0 Å². The number of hydrogen-bond acceptors (Lipinski definition) is 3. The SMILES string of the molecule is O=S(=O)(NCCOCCCl)c1cc(Cl)ccc1Cl. The van der Waals surface area contributed by atoms with Crippen LogP contribution in [0.3, 0.4) is 0 Å². The zero-order chi connectivity index (χ0) is 13.6. The van der Waals surface area contributed by atoms with E-state index >= 15 is 0 Å². The van der Waals surface area contributed by atoms with Crippen molar-refractivity contribution in [2.75, 3.05) is 25.6 Å². The van der Waals surface area contributed by atoms with Crippen molar-refractivity contribution < 1.29 is 13.2 Å². The summed E-state index contributed by atoms with van der Waals surface area (Å²) in [5, 5.41) is 0.423. The van der Waals surface area contributed by atoms with Crippen LogP contribution < -0.4 is 4.72 Å². The van der Waals surface area contributed by atoms with Crippen LogP contribution in [0.5, 0.6) is 0 Å². The second-order valence-electron chi connectivity index (χ2n) is 3.27. The van der Waals surface area contributed by atoms with Crippen molar-refractivity contribution in [3.8, 4) is 0 Å². The molecule has 4 nitrogen and oxygen atoms in total. The van der Waals surface area contributed by atoms with Crippen LogP contribution in [0.2, 0.25) is 10.0 Å². The van der Waals surface area contributed by atoms with E-state index < -0.39 is 10.0 Å². The van der Waals surface area contributed by atoms with Gasteiger partial charge in [-0.1, -0.05) is 23.2 Å². The number of nitrogens with one attached hydrogen (secondary N) is 1. The molecule has 0 heterocycles. The second-order valence-corrected chi connectivity index (χ2v) is 6.23. The van der Waals surface area contributed by atoms with Crippen molar-refractivity contribution in [1.82, 2.24) is 4.72 Å². The first-order valence-corrected chi connectivity index (χ1v) is 7.83. The van der Waals surface area contributed by atoms with E-state index in [0.29, 0.717) is 17.5 Å². The summed E-state index contributed by atoms with van der Waals surface area (Å²) in [5.41, 5.74) is 0. The van der Waals surface area contributed by atoms with Crippen LogP contribution >= 0.6 is 34.8 Å². The molecule has 0 radical (unpaired) electrons. The molecule has 0 aliphatic heterocycles. The van der Waals surface area contributed by atoms with Gasteiger partial charge >= 0.3 is 0 Å². The largest absolute Gasteiger partial charge is 0.379 e. The monoisotopic (exact) mass is 331 g/mol. The Morgan fingerprint density at radius 3 is 2.61 bits per heavy atom. The third-order valence-electron chi connectivity index (χ3n) is 1.94. The van der Waals surface area contributed by atoms with Crippen molar-refractivity contribution in [3.05, 3.63) is 28.2 Å². The predicted octanol–water partition coefficient (Wildman–Crippen LogP) is 2.53. The van der Waals surface area contributed by atoms with Crippen LogP contribution in [0.1, 0.15) is 0 Å². The van der Waals surface area contributed by atoms with Crippen LogP contribution in [-0.2, 0) is 14.8 Å². The van der Waals surface area contributed by atoms with Gasteiger partial charge in [-0.2, -0.15) is 0 Å². The van der Waals surface area contributed by atoms with Gasteiger partial charge in [-0.05, 0) is 18.2 Å². The maximum absolute atomic E-state index is 11.9. The van der Waals surface area contributed by atoms with E-state index in [2.05, 4.69) is 4.72 Å². The number of hydrogen-bond donors (Lipinski definition) is 1. The van der Waals surface area contributed by atoms with E-state index in [1.165, 1.54) is 18.2 Å². The fourth-order valence-electron chi connectivity index (χ4n) is 1.17. The highest BCUT2D eigenvalue weighted by atomic mass is 35.5. The number of halogens is 3. The molecule has 0 aromatic heterocycles. The summed E-state index contributed by atoms with van der Waals surface area (Å²) in [4.78, 5) is -0.0472. The van der Waals surface area contributed by atoms with Crippen LogP contribution in [0.25, 0.3) is 0 Å². The molecule has 0 saturated heterocycles. The van der Waals surface area contributed by atoms with Gasteiger partial charge in [0.2, 0.25) is 10.0 Å². The van der Waals surface area contributed by atoms with E-state index in [1.54, 1.807) is 0 Å². The van der Waals surface area contributed by atoms with Gasteiger partial charge in [0, 0.05) is 17.4 Å². The Balaban J connectivity index is 2.66. The van der Waals surface area contributed by atoms with Crippen LogP contribution in [0.15, 0.2) is 23.1 Å². The van der Waals surface area contributed by atoms with E-state index in [9.17, 15) is 8.42 Å². The zero-order valence-corrected chi connectivity index (χ0v) is 12.4. The highest BCUT2D eigenvalue weighted by Crippen LogP contribution is 2.24. The fourth-order valence-corrected chi connectivity index (χ4v) is 3.05. The first kappa shape index (κ1) is 16.0. The van der Waals surface area contributed by atoms with Gasteiger partial charge < -0.3 is 4.74 Å². The Hall–Kier alpha value is -0.0400. The van der Waals surface area contributed by atoms with Crippen LogP contribution in [0.4, 0.5) is 0 Å². The molecule has 1 aromatic rings. The summed E-state index contributed by atoms with van der Waals surface area (Å²) >= 11 is 17.0. The molecule has 0 unspecified atom stereocenters. The second kappa shape index (κ2) is 7.53. The number of sulfonamides is 1. The van der Waals surface area contributed by atoms with Crippen molar-refractivity contribution in [3.63, 3.8) is 0 Å². The summed E-state index contributed by atoms with van der Waals surface area (Å²) in [6.45, 7) is 0.757. The van der Waals surface area contributed by atoms with Gasteiger partial charge in [0.25, 0.3) is 0 Å². The summed E-state index contributed by atoms with van der Waals surface area (Å²) in [6.07, 6.45) is 0. The maximum atomic E-state index is 11.9. The average molecular weight is 333 g/mol. The molecule has 1 aromatic carbocycles. The minimum atomic E-state index is -3.68. The van der Waals surface area contributed by atoms with E-state index in [-0.39, 0.29) is 23.1 Å². The smallest absolute Gasteiger partial charge is 0.242 e. The molecule has 0 saturated carbocycles. The predicted molar refractivity (Wildman–Crippen MR) is 73.2 cm³/mol. The molecule has 1 rings (SSSR count). The van der Waals surface area contributed by atoms with Gasteiger partial charge in [-0.3, -0.25) is 0 Å². The molecule has 0 aliphatic rings. The van der Waals surface area contributed by atoms with Crippen molar-refractivity contribution in [2.45, 2.75) is 4.90 Å². The Kier molecular flexibility index (Phi) is 6.70. The average Bonchev–Trinajstić information content (AvgIpc) is 2.32. The molecular formula is C10H12Cl3NO3S. The third-order valence-corrected chi connectivity index (χ3v) is 4.27. The lowest BCUT2D eigenvalue weighted by atomic mass is 10.4. The topological polar surface area (TPSA) is 55.4 Å². The summed E-state index contributed by atoms with van der Waals surface area (Å²) < 4.78 is 31.2. The summed E-state index contributed by atoms with van der Waals surface area (Å²) in [7, 11) is -3.68. The molecule has 18 heavy (non-hydrogen) atoms. The third kappa shape index (κ3) is 4.91. The molecule has 8 heteroatoms.